The molecule has 3 nitrogen and oxygen atoms in total. The Bertz CT molecular complexity index is 433. The van der Waals surface area contributed by atoms with Crippen LogP contribution in [0.15, 0.2) is 24.3 Å². The molecule has 0 spiro atoms. The summed E-state index contributed by atoms with van der Waals surface area (Å²) in [4.78, 5) is 0. The normalized spacial score (nSPS) is 22.8. The first-order valence-corrected chi connectivity index (χ1v) is 8.12. The topological polar surface area (TPSA) is 41.5 Å². The number of hydrogen-bond donors (Lipinski definition) is 2. The van der Waals surface area contributed by atoms with E-state index in [4.69, 9.17) is 16.3 Å². The van der Waals surface area contributed by atoms with Crippen LogP contribution >= 0.6 is 11.6 Å². The second-order valence-electron chi connectivity index (χ2n) is 6.78. The molecule has 0 radical (unpaired) electrons. The van der Waals surface area contributed by atoms with Crippen LogP contribution in [0.5, 0.6) is 5.75 Å². The fourth-order valence-corrected chi connectivity index (χ4v) is 3.08. The van der Waals surface area contributed by atoms with Gasteiger partial charge in [-0.3, -0.25) is 0 Å². The van der Waals surface area contributed by atoms with Crippen molar-refractivity contribution >= 4 is 11.6 Å². The molecule has 0 amide bonds. The summed E-state index contributed by atoms with van der Waals surface area (Å²) in [6, 6.07) is 7.70. The van der Waals surface area contributed by atoms with Crippen molar-refractivity contribution in [2.75, 3.05) is 13.2 Å². The number of ether oxygens (including phenoxy) is 1. The van der Waals surface area contributed by atoms with E-state index in [1.54, 1.807) is 12.1 Å². The molecule has 1 aliphatic rings. The summed E-state index contributed by atoms with van der Waals surface area (Å²) in [7, 11) is 0. The Morgan fingerprint density at radius 1 is 1.38 bits per heavy atom. The molecule has 21 heavy (non-hydrogen) atoms. The predicted molar refractivity (Wildman–Crippen MR) is 87.0 cm³/mol. The smallest absolute Gasteiger partial charge is 0.119 e. The lowest BCUT2D eigenvalue weighted by molar-refractivity contribution is 0.0965. The average molecular weight is 312 g/mol. The number of halogens is 1. The minimum Gasteiger partial charge on any atom is -0.491 e. The maximum atomic E-state index is 10.0. The average Bonchev–Trinajstić information content (AvgIpc) is 2.43. The van der Waals surface area contributed by atoms with Crippen LogP contribution in [-0.2, 0) is 0 Å². The second kappa shape index (κ2) is 7.48. The minimum atomic E-state index is -0.495. The van der Waals surface area contributed by atoms with Crippen LogP contribution in [0.1, 0.15) is 39.5 Å². The lowest BCUT2D eigenvalue weighted by Gasteiger charge is -2.36. The Balaban J connectivity index is 1.67. The molecular formula is C17H26ClNO2. The molecule has 0 bridgehead atoms. The number of aliphatic hydroxyl groups is 1. The van der Waals surface area contributed by atoms with Gasteiger partial charge in [-0.05, 0) is 48.9 Å². The number of nitrogens with one attached hydrogen (secondary N) is 1. The highest BCUT2D eigenvalue weighted by atomic mass is 35.5. The zero-order valence-corrected chi connectivity index (χ0v) is 13.7. The van der Waals surface area contributed by atoms with Crippen molar-refractivity contribution in [1.29, 1.82) is 0 Å². The molecule has 2 N–H and O–H groups in total. The fraction of sp³-hybridized carbons (Fsp3) is 0.647. The van der Waals surface area contributed by atoms with Gasteiger partial charge in [-0.1, -0.05) is 31.9 Å². The Morgan fingerprint density at radius 2 is 2.10 bits per heavy atom. The van der Waals surface area contributed by atoms with Crippen molar-refractivity contribution < 1.29 is 9.84 Å². The molecule has 0 heterocycles. The Morgan fingerprint density at radius 3 is 2.76 bits per heavy atom. The van der Waals surface area contributed by atoms with E-state index in [2.05, 4.69) is 19.2 Å². The van der Waals surface area contributed by atoms with Crippen LogP contribution in [0.25, 0.3) is 0 Å². The molecule has 2 atom stereocenters. The molecule has 1 fully saturated rings. The van der Waals surface area contributed by atoms with Crippen molar-refractivity contribution in [3.63, 3.8) is 0 Å². The van der Waals surface area contributed by atoms with E-state index in [0.29, 0.717) is 29.6 Å². The first kappa shape index (κ1) is 16.6. The van der Waals surface area contributed by atoms with Gasteiger partial charge >= 0.3 is 0 Å². The summed E-state index contributed by atoms with van der Waals surface area (Å²) in [5.74, 6) is 0.734. The molecule has 4 heteroatoms. The van der Waals surface area contributed by atoms with Crippen LogP contribution in [0.4, 0.5) is 0 Å². The zero-order chi connectivity index (χ0) is 15.3. The third-order valence-corrected chi connectivity index (χ3v) is 4.36. The van der Waals surface area contributed by atoms with Gasteiger partial charge in [-0.2, -0.15) is 0 Å². The van der Waals surface area contributed by atoms with Crippen LogP contribution in [0, 0.1) is 5.41 Å². The van der Waals surface area contributed by atoms with Crippen molar-refractivity contribution in [3.8, 4) is 5.75 Å². The van der Waals surface area contributed by atoms with Crippen LogP contribution in [0.3, 0.4) is 0 Å². The second-order valence-corrected chi connectivity index (χ2v) is 7.22. The number of rotatable bonds is 6. The molecule has 0 aromatic heterocycles. The van der Waals surface area contributed by atoms with Crippen molar-refractivity contribution in [1.82, 2.24) is 5.32 Å². The quantitative estimate of drug-likeness (QED) is 0.843. The fourth-order valence-electron chi connectivity index (χ4n) is 2.96. The first-order chi connectivity index (χ1) is 9.94. The summed E-state index contributed by atoms with van der Waals surface area (Å²) in [6.45, 7) is 5.51. The Kier molecular flexibility index (Phi) is 5.91. The van der Waals surface area contributed by atoms with E-state index in [1.807, 2.05) is 12.1 Å². The summed E-state index contributed by atoms with van der Waals surface area (Å²) in [5, 5.41) is 14.2. The highest BCUT2D eigenvalue weighted by Gasteiger charge is 2.27. The minimum absolute atomic E-state index is 0.296. The molecule has 2 unspecified atom stereocenters. The van der Waals surface area contributed by atoms with Crippen molar-refractivity contribution in [2.45, 2.75) is 51.7 Å². The van der Waals surface area contributed by atoms with Crippen LogP contribution in [0.2, 0.25) is 5.02 Å². The zero-order valence-electron chi connectivity index (χ0n) is 12.9. The maximum absolute atomic E-state index is 10.0. The van der Waals surface area contributed by atoms with Gasteiger partial charge in [-0.15, -0.1) is 0 Å². The molecule has 118 valence electrons. The standard InChI is InChI=1S/C17H26ClNO2/c1-17(2)9-3-4-14(10-17)19-11-15(20)12-21-16-7-5-13(18)6-8-16/h5-8,14-15,19-20H,3-4,9-12H2,1-2H3. The third-order valence-electron chi connectivity index (χ3n) is 4.10. The first-order valence-electron chi connectivity index (χ1n) is 7.74. The predicted octanol–water partition coefficient (Wildman–Crippen LogP) is 3.64. The lowest BCUT2D eigenvalue weighted by Crippen LogP contribution is -2.42. The summed E-state index contributed by atoms with van der Waals surface area (Å²) in [5.41, 5.74) is 0.417. The molecular weight excluding hydrogens is 286 g/mol. The number of hydrogen-bond acceptors (Lipinski definition) is 3. The van der Waals surface area contributed by atoms with E-state index < -0.39 is 6.10 Å². The molecule has 0 aliphatic heterocycles. The van der Waals surface area contributed by atoms with Gasteiger partial charge in [0.25, 0.3) is 0 Å². The van der Waals surface area contributed by atoms with Crippen molar-refractivity contribution in [3.05, 3.63) is 29.3 Å². The van der Waals surface area contributed by atoms with Gasteiger partial charge in [0.15, 0.2) is 0 Å². The van der Waals surface area contributed by atoms with Gasteiger partial charge in [0.1, 0.15) is 18.5 Å². The number of aliphatic hydroxyl groups excluding tert-OH is 1. The maximum Gasteiger partial charge on any atom is 0.119 e. The van der Waals surface area contributed by atoms with Gasteiger partial charge < -0.3 is 15.2 Å². The molecule has 1 aromatic rings. The third kappa shape index (κ3) is 5.85. The SMILES string of the molecule is CC1(C)CCCC(NCC(O)COc2ccc(Cl)cc2)C1. The monoisotopic (exact) mass is 311 g/mol. The summed E-state index contributed by atoms with van der Waals surface area (Å²) >= 11 is 5.82. The van der Waals surface area contributed by atoms with Crippen molar-refractivity contribution in [2.24, 2.45) is 5.41 Å². The Hall–Kier alpha value is -0.770. The highest BCUT2D eigenvalue weighted by Crippen LogP contribution is 2.34. The van der Waals surface area contributed by atoms with Crippen LogP contribution in [-0.4, -0.2) is 30.4 Å². The van der Waals surface area contributed by atoms with Gasteiger partial charge in [-0.25, -0.2) is 0 Å². The number of benzene rings is 1. The van der Waals surface area contributed by atoms with E-state index in [9.17, 15) is 5.11 Å². The molecule has 1 aromatic carbocycles. The van der Waals surface area contributed by atoms with E-state index >= 15 is 0 Å². The highest BCUT2D eigenvalue weighted by molar-refractivity contribution is 6.30. The molecule has 0 saturated heterocycles. The van der Waals surface area contributed by atoms with Crippen LogP contribution < -0.4 is 10.1 Å². The summed E-state index contributed by atoms with van der Waals surface area (Å²) < 4.78 is 5.55. The molecule has 1 saturated carbocycles. The van der Waals surface area contributed by atoms with Gasteiger partial charge in [0, 0.05) is 17.6 Å². The molecule has 1 aliphatic carbocycles. The van der Waals surface area contributed by atoms with Gasteiger partial charge in [0.2, 0.25) is 0 Å². The van der Waals surface area contributed by atoms with E-state index in [0.717, 1.165) is 5.75 Å². The lowest BCUT2D eigenvalue weighted by atomic mass is 9.75. The summed E-state index contributed by atoms with van der Waals surface area (Å²) in [6.07, 6.45) is 4.45. The van der Waals surface area contributed by atoms with E-state index in [-0.39, 0.29) is 0 Å². The van der Waals surface area contributed by atoms with E-state index in [1.165, 1.54) is 25.7 Å². The van der Waals surface area contributed by atoms with Gasteiger partial charge in [0.05, 0.1) is 0 Å². The largest absolute Gasteiger partial charge is 0.491 e. The Labute approximate surface area is 132 Å². The molecule has 2 rings (SSSR count).